The lowest BCUT2D eigenvalue weighted by Crippen LogP contribution is -2.39. The van der Waals surface area contributed by atoms with E-state index in [2.05, 4.69) is 25.9 Å². The number of anilines is 3. The molecule has 1 aliphatic heterocycles. The van der Waals surface area contributed by atoms with E-state index in [4.69, 9.17) is 11.6 Å². The number of aromatic nitrogens is 2. The van der Waals surface area contributed by atoms with Crippen LogP contribution in [0.1, 0.15) is 23.5 Å². The van der Waals surface area contributed by atoms with E-state index in [-0.39, 0.29) is 35.6 Å². The first-order valence-corrected chi connectivity index (χ1v) is 10.2. The average molecular weight is 438 g/mol. The van der Waals surface area contributed by atoms with Gasteiger partial charge in [0.05, 0.1) is 11.5 Å². The number of benzene rings is 2. The van der Waals surface area contributed by atoms with Gasteiger partial charge in [-0.25, -0.2) is 0 Å². The highest BCUT2D eigenvalue weighted by Crippen LogP contribution is 2.29. The Morgan fingerprint density at radius 3 is 2.58 bits per heavy atom. The van der Waals surface area contributed by atoms with Crippen LogP contribution >= 0.6 is 11.6 Å². The van der Waals surface area contributed by atoms with Crippen molar-refractivity contribution in [3.05, 3.63) is 81.1 Å². The SMILES string of the molecule is O=C1CC(C(=O)NCCc2ccccc2)c2c(nc(Nc3ccc(Cl)cc3)[nH]c2=O)N1. The highest BCUT2D eigenvalue weighted by Gasteiger charge is 2.34. The Bertz CT molecular complexity index is 1160. The maximum Gasteiger partial charge on any atom is 0.258 e. The van der Waals surface area contributed by atoms with Gasteiger partial charge in [-0.3, -0.25) is 19.4 Å². The molecule has 2 aromatic carbocycles. The molecule has 0 bridgehead atoms. The van der Waals surface area contributed by atoms with E-state index in [0.717, 1.165) is 5.56 Å². The van der Waals surface area contributed by atoms with Crippen molar-refractivity contribution < 1.29 is 9.59 Å². The summed E-state index contributed by atoms with van der Waals surface area (Å²) in [5.74, 6) is -1.42. The van der Waals surface area contributed by atoms with Crippen molar-refractivity contribution in [1.82, 2.24) is 15.3 Å². The van der Waals surface area contributed by atoms with Gasteiger partial charge in [0.15, 0.2) is 0 Å². The molecule has 0 saturated heterocycles. The summed E-state index contributed by atoms with van der Waals surface area (Å²) < 4.78 is 0. The van der Waals surface area contributed by atoms with E-state index in [1.54, 1.807) is 24.3 Å². The standard InChI is InChI=1S/C22H20ClN5O3/c23-14-6-8-15(9-7-14)25-22-27-19-18(21(31)28-22)16(12-17(29)26-19)20(30)24-11-10-13-4-2-1-3-5-13/h1-9,16H,10-12H2,(H,24,30)(H3,25,26,27,28,29,31). The zero-order valence-electron chi connectivity index (χ0n) is 16.4. The smallest absolute Gasteiger partial charge is 0.258 e. The molecule has 4 rings (SSSR count). The van der Waals surface area contributed by atoms with Gasteiger partial charge >= 0.3 is 0 Å². The van der Waals surface area contributed by atoms with Crippen LogP contribution in [0, 0.1) is 0 Å². The molecule has 1 aromatic heterocycles. The Labute approximate surface area is 183 Å². The monoisotopic (exact) mass is 437 g/mol. The summed E-state index contributed by atoms with van der Waals surface area (Å²) in [6.45, 7) is 0.401. The van der Waals surface area contributed by atoms with Crippen LogP contribution in [-0.2, 0) is 16.0 Å². The molecule has 4 N–H and O–H groups in total. The fourth-order valence-electron chi connectivity index (χ4n) is 3.42. The second-order valence-corrected chi connectivity index (χ2v) is 7.58. The number of carbonyl (C=O) groups excluding carboxylic acids is 2. The van der Waals surface area contributed by atoms with Gasteiger partial charge < -0.3 is 16.0 Å². The number of carbonyl (C=O) groups is 2. The summed E-state index contributed by atoms with van der Waals surface area (Å²) >= 11 is 5.88. The van der Waals surface area contributed by atoms with Crippen molar-refractivity contribution in [1.29, 1.82) is 0 Å². The van der Waals surface area contributed by atoms with Crippen molar-refractivity contribution in [2.75, 3.05) is 17.2 Å². The Balaban J connectivity index is 1.51. The third kappa shape index (κ3) is 4.92. The summed E-state index contributed by atoms with van der Waals surface area (Å²) in [5.41, 5.74) is 1.41. The van der Waals surface area contributed by atoms with Gasteiger partial charge in [0.25, 0.3) is 5.56 Å². The fourth-order valence-corrected chi connectivity index (χ4v) is 3.55. The predicted molar refractivity (Wildman–Crippen MR) is 119 cm³/mol. The normalized spacial score (nSPS) is 15.0. The first-order chi connectivity index (χ1) is 15.0. The molecule has 31 heavy (non-hydrogen) atoms. The van der Waals surface area contributed by atoms with E-state index in [1.165, 1.54) is 0 Å². The van der Waals surface area contributed by atoms with Crippen molar-refractivity contribution in [2.45, 2.75) is 18.8 Å². The molecule has 158 valence electrons. The van der Waals surface area contributed by atoms with E-state index in [9.17, 15) is 14.4 Å². The van der Waals surface area contributed by atoms with Gasteiger partial charge in [0.2, 0.25) is 17.8 Å². The number of halogens is 1. The fraction of sp³-hybridized carbons (Fsp3) is 0.182. The number of hydrogen-bond acceptors (Lipinski definition) is 5. The molecular formula is C22H20ClN5O3. The van der Waals surface area contributed by atoms with Crippen molar-refractivity contribution in [2.24, 2.45) is 0 Å². The third-order valence-corrected chi connectivity index (χ3v) is 5.18. The number of nitrogens with one attached hydrogen (secondary N) is 4. The first kappa shape index (κ1) is 20.6. The van der Waals surface area contributed by atoms with Crippen LogP contribution in [0.3, 0.4) is 0 Å². The number of aromatic amines is 1. The van der Waals surface area contributed by atoms with Crippen LogP contribution in [0.5, 0.6) is 0 Å². The minimum absolute atomic E-state index is 0.0830. The van der Waals surface area contributed by atoms with Crippen LogP contribution in [0.2, 0.25) is 5.02 Å². The van der Waals surface area contributed by atoms with Crippen LogP contribution in [0.4, 0.5) is 17.5 Å². The Morgan fingerprint density at radius 1 is 1.10 bits per heavy atom. The summed E-state index contributed by atoms with van der Waals surface area (Å²) in [4.78, 5) is 44.6. The molecule has 8 nitrogen and oxygen atoms in total. The van der Waals surface area contributed by atoms with Crippen LogP contribution in [-0.4, -0.2) is 28.3 Å². The van der Waals surface area contributed by atoms with Crippen LogP contribution in [0.25, 0.3) is 0 Å². The molecule has 0 saturated carbocycles. The van der Waals surface area contributed by atoms with Crippen LogP contribution < -0.4 is 21.5 Å². The molecule has 0 radical (unpaired) electrons. The molecule has 0 spiro atoms. The highest BCUT2D eigenvalue weighted by atomic mass is 35.5. The number of amides is 2. The number of fused-ring (bicyclic) bond motifs is 1. The Morgan fingerprint density at radius 2 is 1.84 bits per heavy atom. The molecular weight excluding hydrogens is 418 g/mol. The summed E-state index contributed by atoms with van der Waals surface area (Å²) in [7, 11) is 0. The number of rotatable bonds is 6. The van der Waals surface area contributed by atoms with E-state index < -0.39 is 11.5 Å². The molecule has 0 fully saturated rings. The van der Waals surface area contributed by atoms with Gasteiger partial charge in [-0.15, -0.1) is 0 Å². The first-order valence-electron chi connectivity index (χ1n) is 9.78. The zero-order valence-corrected chi connectivity index (χ0v) is 17.2. The van der Waals surface area contributed by atoms with Gasteiger partial charge in [-0.1, -0.05) is 41.9 Å². The minimum Gasteiger partial charge on any atom is -0.355 e. The zero-order chi connectivity index (χ0) is 21.8. The van der Waals surface area contributed by atoms with Crippen molar-refractivity contribution in [3.8, 4) is 0 Å². The van der Waals surface area contributed by atoms with Crippen LogP contribution in [0.15, 0.2) is 59.4 Å². The second-order valence-electron chi connectivity index (χ2n) is 7.14. The summed E-state index contributed by atoms with van der Waals surface area (Å²) in [6.07, 6.45) is 0.538. The van der Waals surface area contributed by atoms with Crippen molar-refractivity contribution in [3.63, 3.8) is 0 Å². The second kappa shape index (κ2) is 9.01. The molecule has 9 heteroatoms. The molecule has 1 aliphatic rings. The van der Waals surface area contributed by atoms with Gasteiger partial charge in [-0.05, 0) is 36.2 Å². The van der Waals surface area contributed by atoms with Crippen molar-refractivity contribution >= 4 is 40.9 Å². The lowest BCUT2D eigenvalue weighted by atomic mass is 9.92. The summed E-state index contributed by atoms with van der Waals surface area (Å²) in [5, 5.41) is 8.94. The topological polar surface area (TPSA) is 116 Å². The third-order valence-electron chi connectivity index (χ3n) is 4.93. The molecule has 2 heterocycles. The maximum absolute atomic E-state index is 12.8. The molecule has 3 aromatic rings. The van der Waals surface area contributed by atoms with Gasteiger partial charge in [0, 0.05) is 23.7 Å². The lowest BCUT2D eigenvalue weighted by Gasteiger charge is -2.23. The van der Waals surface area contributed by atoms with Gasteiger partial charge in [0.1, 0.15) is 5.82 Å². The maximum atomic E-state index is 12.8. The molecule has 2 amide bonds. The molecule has 1 unspecified atom stereocenters. The van der Waals surface area contributed by atoms with E-state index >= 15 is 0 Å². The largest absolute Gasteiger partial charge is 0.355 e. The average Bonchev–Trinajstić information content (AvgIpc) is 2.75. The summed E-state index contributed by atoms with van der Waals surface area (Å²) in [6, 6.07) is 16.6. The quantitative estimate of drug-likeness (QED) is 0.473. The Kier molecular flexibility index (Phi) is 5.99. The number of hydrogen-bond donors (Lipinski definition) is 4. The lowest BCUT2D eigenvalue weighted by molar-refractivity contribution is -0.126. The van der Waals surface area contributed by atoms with E-state index in [1.807, 2.05) is 30.3 Å². The number of nitrogens with zero attached hydrogens (tertiary/aromatic N) is 1. The minimum atomic E-state index is -0.902. The Hall–Kier alpha value is -3.65. The molecule has 0 aliphatic carbocycles. The predicted octanol–water partition coefficient (Wildman–Crippen LogP) is 2.95. The van der Waals surface area contributed by atoms with E-state index in [0.29, 0.717) is 23.7 Å². The van der Waals surface area contributed by atoms with Gasteiger partial charge in [-0.2, -0.15) is 4.98 Å². The molecule has 1 atom stereocenters. The number of H-pyrrole nitrogens is 1. The highest BCUT2D eigenvalue weighted by molar-refractivity contribution is 6.30.